The summed E-state index contributed by atoms with van der Waals surface area (Å²) in [7, 11) is 0. The lowest BCUT2D eigenvalue weighted by molar-refractivity contribution is -0.131. The number of carbonyl (C=O) groups excluding carboxylic acids is 2. The van der Waals surface area contributed by atoms with E-state index in [0.29, 0.717) is 5.69 Å². The van der Waals surface area contributed by atoms with Crippen LogP contribution >= 0.6 is 0 Å². The van der Waals surface area contributed by atoms with Crippen LogP contribution in [0.5, 0.6) is 0 Å². The first kappa shape index (κ1) is 13.9. The Balaban J connectivity index is 1.54. The van der Waals surface area contributed by atoms with E-state index in [1.165, 1.54) is 9.70 Å². The minimum absolute atomic E-state index is 0.130. The first-order valence-corrected chi connectivity index (χ1v) is 7.79. The molecule has 1 saturated heterocycles. The number of hydrogen-bond acceptors (Lipinski definition) is 4. The molecule has 1 spiro atoms. The number of carbonyl (C=O) groups is 2. The zero-order chi connectivity index (χ0) is 15.9. The van der Waals surface area contributed by atoms with Crippen LogP contribution in [0.15, 0.2) is 36.5 Å². The second-order valence-corrected chi connectivity index (χ2v) is 6.07. The molecule has 2 aliphatic rings. The van der Waals surface area contributed by atoms with Gasteiger partial charge in [0.1, 0.15) is 11.2 Å². The minimum Gasteiger partial charge on any atom is -0.323 e. The summed E-state index contributed by atoms with van der Waals surface area (Å²) in [6.07, 6.45) is 5.00. The molecule has 0 radical (unpaired) electrons. The zero-order valence-corrected chi connectivity index (χ0v) is 12.6. The molecule has 7 heteroatoms. The van der Waals surface area contributed by atoms with Crippen LogP contribution in [0.4, 0.5) is 4.79 Å². The largest absolute Gasteiger partial charge is 0.325 e. The van der Waals surface area contributed by atoms with Gasteiger partial charge in [0.25, 0.3) is 5.91 Å². The van der Waals surface area contributed by atoms with Crippen LogP contribution < -0.4 is 5.32 Å². The topological polar surface area (TPSA) is 80.1 Å². The molecule has 0 bridgehead atoms. The Morgan fingerprint density at radius 1 is 1.13 bits per heavy atom. The van der Waals surface area contributed by atoms with Crippen molar-refractivity contribution in [2.45, 2.75) is 37.8 Å². The van der Waals surface area contributed by atoms with Crippen molar-refractivity contribution in [3.8, 4) is 5.69 Å². The van der Waals surface area contributed by atoms with Crippen LogP contribution in [0.1, 0.15) is 31.4 Å². The zero-order valence-electron chi connectivity index (χ0n) is 12.6. The van der Waals surface area contributed by atoms with Gasteiger partial charge in [-0.25, -0.2) is 4.79 Å². The van der Waals surface area contributed by atoms with Crippen LogP contribution in [-0.4, -0.2) is 37.4 Å². The average Bonchev–Trinajstić information content (AvgIpc) is 3.27. The lowest BCUT2D eigenvalue weighted by atomic mass is 9.98. The minimum atomic E-state index is -0.674. The van der Waals surface area contributed by atoms with Gasteiger partial charge in [-0.15, -0.1) is 0 Å². The van der Waals surface area contributed by atoms with Crippen LogP contribution in [0.2, 0.25) is 0 Å². The van der Waals surface area contributed by atoms with Crippen molar-refractivity contribution in [2.24, 2.45) is 0 Å². The van der Waals surface area contributed by atoms with Gasteiger partial charge in [0.15, 0.2) is 0 Å². The molecule has 1 N–H and O–H groups in total. The van der Waals surface area contributed by atoms with E-state index >= 15 is 0 Å². The van der Waals surface area contributed by atoms with E-state index in [4.69, 9.17) is 0 Å². The molecule has 4 rings (SSSR count). The van der Waals surface area contributed by atoms with E-state index in [0.717, 1.165) is 31.4 Å². The number of rotatable bonds is 3. The van der Waals surface area contributed by atoms with Crippen molar-refractivity contribution in [3.05, 3.63) is 42.2 Å². The van der Waals surface area contributed by atoms with Crippen LogP contribution in [0.25, 0.3) is 5.69 Å². The molecule has 118 valence electrons. The highest BCUT2D eigenvalue weighted by atomic mass is 16.2. The van der Waals surface area contributed by atoms with Crippen molar-refractivity contribution in [1.82, 2.24) is 25.2 Å². The number of benzene rings is 1. The van der Waals surface area contributed by atoms with E-state index in [-0.39, 0.29) is 18.5 Å². The van der Waals surface area contributed by atoms with Gasteiger partial charge in [0, 0.05) is 0 Å². The van der Waals surface area contributed by atoms with Gasteiger partial charge in [0.2, 0.25) is 0 Å². The summed E-state index contributed by atoms with van der Waals surface area (Å²) in [6, 6.07) is 9.18. The first-order chi connectivity index (χ1) is 11.2. The normalized spacial score (nSPS) is 19.6. The standard InChI is InChI=1S/C16H17N5O2/c22-14-16(8-4-5-9-16)18-15(23)20(14)11-12-10-17-21(19-12)13-6-2-1-3-7-13/h1-3,6-7,10H,4-5,8-9,11H2,(H,18,23). The lowest BCUT2D eigenvalue weighted by Gasteiger charge is -2.19. The number of hydrogen-bond donors (Lipinski definition) is 1. The van der Waals surface area contributed by atoms with Crippen LogP contribution in [0.3, 0.4) is 0 Å². The number of urea groups is 1. The van der Waals surface area contributed by atoms with Crippen molar-refractivity contribution in [3.63, 3.8) is 0 Å². The lowest BCUT2D eigenvalue weighted by Crippen LogP contribution is -2.44. The highest BCUT2D eigenvalue weighted by molar-refractivity contribution is 6.07. The summed E-state index contributed by atoms with van der Waals surface area (Å²) in [5.41, 5.74) is 0.752. The summed E-state index contributed by atoms with van der Waals surface area (Å²) in [6.45, 7) is 0.152. The number of aromatic nitrogens is 3. The first-order valence-electron chi connectivity index (χ1n) is 7.79. The Morgan fingerprint density at radius 3 is 2.61 bits per heavy atom. The third-order valence-electron chi connectivity index (χ3n) is 4.55. The summed E-state index contributed by atoms with van der Waals surface area (Å²) < 4.78 is 0. The second-order valence-electron chi connectivity index (χ2n) is 6.07. The number of imide groups is 1. The Kier molecular flexibility index (Phi) is 3.14. The van der Waals surface area contributed by atoms with Crippen molar-refractivity contribution < 1.29 is 9.59 Å². The number of para-hydroxylation sites is 1. The molecule has 0 atom stereocenters. The molecule has 2 heterocycles. The Hall–Kier alpha value is -2.70. The average molecular weight is 311 g/mol. The third kappa shape index (κ3) is 2.28. The van der Waals surface area contributed by atoms with Gasteiger partial charge >= 0.3 is 6.03 Å². The van der Waals surface area contributed by atoms with E-state index in [9.17, 15) is 9.59 Å². The predicted molar refractivity (Wildman–Crippen MR) is 81.6 cm³/mol. The number of nitrogens with one attached hydrogen (secondary N) is 1. The Labute approximate surface area is 133 Å². The third-order valence-corrected chi connectivity index (χ3v) is 4.55. The predicted octanol–water partition coefficient (Wildman–Crippen LogP) is 1.63. The smallest absolute Gasteiger partial charge is 0.323 e. The number of nitrogens with zero attached hydrogens (tertiary/aromatic N) is 4. The summed E-state index contributed by atoms with van der Waals surface area (Å²) in [5.74, 6) is -0.130. The Bertz CT molecular complexity index is 749. The maximum absolute atomic E-state index is 12.6. The molecular formula is C16H17N5O2. The molecule has 0 unspecified atom stereocenters. The van der Waals surface area contributed by atoms with Gasteiger partial charge in [-0.3, -0.25) is 9.69 Å². The summed E-state index contributed by atoms with van der Waals surface area (Å²) >= 11 is 0. The van der Waals surface area contributed by atoms with E-state index in [2.05, 4.69) is 15.5 Å². The molecular weight excluding hydrogens is 294 g/mol. The molecule has 2 fully saturated rings. The monoisotopic (exact) mass is 311 g/mol. The molecule has 23 heavy (non-hydrogen) atoms. The quantitative estimate of drug-likeness (QED) is 0.874. The van der Waals surface area contributed by atoms with Gasteiger partial charge in [-0.1, -0.05) is 31.0 Å². The fraction of sp³-hybridized carbons (Fsp3) is 0.375. The second kappa shape index (κ2) is 5.19. The van der Waals surface area contributed by atoms with E-state index < -0.39 is 5.54 Å². The molecule has 1 aliphatic carbocycles. The summed E-state index contributed by atoms with van der Waals surface area (Å²) in [4.78, 5) is 27.5. The number of amides is 3. The van der Waals surface area contributed by atoms with E-state index in [1.54, 1.807) is 6.20 Å². The van der Waals surface area contributed by atoms with Crippen LogP contribution in [0, 0.1) is 0 Å². The van der Waals surface area contributed by atoms with Gasteiger partial charge < -0.3 is 5.32 Å². The molecule has 1 aromatic heterocycles. The molecule has 2 aromatic rings. The molecule has 1 aromatic carbocycles. The molecule has 7 nitrogen and oxygen atoms in total. The van der Waals surface area contributed by atoms with Gasteiger partial charge in [-0.2, -0.15) is 15.0 Å². The Morgan fingerprint density at radius 2 is 1.87 bits per heavy atom. The maximum Gasteiger partial charge on any atom is 0.325 e. The maximum atomic E-state index is 12.6. The molecule has 1 aliphatic heterocycles. The molecule has 1 saturated carbocycles. The van der Waals surface area contributed by atoms with E-state index in [1.807, 2.05) is 30.3 Å². The van der Waals surface area contributed by atoms with Crippen molar-refractivity contribution in [1.29, 1.82) is 0 Å². The molecule has 3 amide bonds. The fourth-order valence-electron chi connectivity index (χ4n) is 3.35. The fourth-order valence-corrected chi connectivity index (χ4v) is 3.35. The highest BCUT2D eigenvalue weighted by Gasteiger charge is 2.52. The van der Waals surface area contributed by atoms with Gasteiger partial charge in [0.05, 0.1) is 18.4 Å². The highest BCUT2D eigenvalue weighted by Crippen LogP contribution is 2.35. The van der Waals surface area contributed by atoms with Crippen molar-refractivity contribution >= 4 is 11.9 Å². The summed E-state index contributed by atoms with van der Waals surface area (Å²) in [5, 5.41) is 11.4. The SMILES string of the molecule is O=C1NC2(CCCC2)C(=O)N1Cc1cnn(-c2ccccc2)n1. The van der Waals surface area contributed by atoms with Crippen molar-refractivity contribution in [2.75, 3.05) is 0 Å². The van der Waals surface area contributed by atoms with Crippen LogP contribution in [-0.2, 0) is 11.3 Å². The van der Waals surface area contributed by atoms with Gasteiger partial charge in [-0.05, 0) is 25.0 Å².